The van der Waals surface area contributed by atoms with Gasteiger partial charge < -0.3 is 14.3 Å². The molecule has 0 saturated carbocycles. The Kier molecular flexibility index (Phi) is 3.70. The van der Waals surface area contributed by atoms with Crippen LogP contribution >= 0.6 is 0 Å². The number of hydrogen-bond donors (Lipinski definition) is 1. The molecule has 0 spiro atoms. The molecule has 5 aromatic rings. The summed E-state index contributed by atoms with van der Waals surface area (Å²) in [6.45, 7) is 0.505. The van der Waals surface area contributed by atoms with Gasteiger partial charge in [-0.3, -0.25) is 4.79 Å². The molecule has 0 aliphatic carbocycles. The van der Waals surface area contributed by atoms with Gasteiger partial charge in [-0.1, -0.05) is 18.2 Å². The normalized spacial score (nSPS) is 15.8. The molecule has 1 aliphatic rings. The van der Waals surface area contributed by atoms with Crippen molar-refractivity contribution >= 4 is 22.4 Å². The van der Waals surface area contributed by atoms with Gasteiger partial charge in [0.1, 0.15) is 17.4 Å². The van der Waals surface area contributed by atoms with Gasteiger partial charge in [-0.25, -0.2) is 9.50 Å². The zero-order valence-corrected chi connectivity index (χ0v) is 16.3. The van der Waals surface area contributed by atoms with E-state index in [1.165, 1.54) is 0 Å². The van der Waals surface area contributed by atoms with Crippen LogP contribution in [0, 0.1) is 11.3 Å². The molecule has 1 amide bonds. The molecular weight excluding hydrogens is 392 g/mol. The van der Waals surface area contributed by atoms with Crippen LogP contribution in [0.25, 0.3) is 16.5 Å². The van der Waals surface area contributed by atoms with E-state index in [2.05, 4.69) is 21.1 Å². The second-order valence-corrected chi connectivity index (χ2v) is 7.52. The van der Waals surface area contributed by atoms with Crippen LogP contribution in [0.15, 0.2) is 65.6 Å². The van der Waals surface area contributed by atoms with Crippen LogP contribution in [0.2, 0.25) is 0 Å². The molecule has 6 rings (SSSR count). The summed E-state index contributed by atoms with van der Waals surface area (Å²) in [6, 6.07) is 14.8. The van der Waals surface area contributed by atoms with Crippen LogP contribution in [0.4, 0.5) is 0 Å². The smallest absolute Gasteiger partial charge is 0.258 e. The SMILES string of the molecule is N#Cc1ccn2ncc(C(=O)N3CCc4[nH]cnc4[C@H]3c3cc4ccccc4o3)c2c1. The number of nitriles is 1. The molecule has 1 atom stereocenters. The molecule has 0 radical (unpaired) electrons. The van der Waals surface area contributed by atoms with Crippen LogP contribution in [0.3, 0.4) is 0 Å². The number of nitrogens with zero attached hydrogens (tertiary/aromatic N) is 5. The Morgan fingerprint density at radius 1 is 1.26 bits per heavy atom. The maximum absolute atomic E-state index is 13.7. The number of carbonyl (C=O) groups excluding carboxylic acids is 1. The fraction of sp³-hybridized carbons (Fsp3) is 0.130. The third-order valence-corrected chi connectivity index (χ3v) is 5.78. The standard InChI is InChI=1S/C23H16N6O2/c24-11-14-5-8-29-18(9-14)16(12-27-29)23(30)28-7-6-17-21(26-13-25-17)22(28)20-10-15-3-1-2-4-19(15)31-20/h1-5,8-10,12-13,22H,6-7H2,(H,25,26)/t22-/m1/s1. The Morgan fingerprint density at radius 2 is 2.16 bits per heavy atom. The molecule has 0 unspecified atom stereocenters. The van der Waals surface area contributed by atoms with E-state index in [4.69, 9.17) is 4.42 Å². The van der Waals surface area contributed by atoms with Gasteiger partial charge in [-0.15, -0.1) is 0 Å². The number of fused-ring (bicyclic) bond motifs is 3. The summed E-state index contributed by atoms with van der Waals surface area (Å²) >= 11 is 0. The minimum absolute atomic E-state index is 0.177. The average molecular weight is 408 g/mol. The summed E-state index contributed by atoms with van der Waals surface area (Å²) in [5.41, 5.74) is 4.07. The number of aromatic amines is 1. The lowest BCUT2D eigenvalue weighted by Crippen LogP contribution is -2.40. The van der Waals surface area contributed by atoms with Crippen molar-refractivity contribution in [3.8, 4) is 6.07 Å². The zero-order chi connectivity index (χ0) is 20.9. The number of carbonyl (C=O) groups is 1. The van der Waals surface area contributed by atoms with E-state index < -0.39 is 6.04 Å². The number of nitrogens with one attached hydrogen (secondary N) is 1. The molecule has 1 aliphatic heterocycles. The summed E-state index contributed by atoms with van der Waals surface area (Å²) in [4.78, 5) is 23.2. The summed E-state index contributed by atoms with van der Waals surface area (Å²) in [7, 11) is 0. The van der Waals surface area contributed by atoms with Gasteiger partial charge in [0.2, 0.25) is 0 Å². The molecule has 1 aromatic carbocycles. The fourth-order valence-corrected chi connectivity index (χ4v) is 4.29. The number of H-pyrrole nitrogens is 1. The van der Waals surface area contributed by atoms with Crippen molar-refractivity contribution in [2.75, 3.05) is 6.54 Å². The monoisotopic (exact) mass is 408 g/mol. The first-order chi connectivity index (χ1) is 15.2. The van der Waals surface area contributed by atoms with Crippen LogP contribution in [-0.2, 0) is 6.42 Å². The summed E-state index contributed by atoms with van der Waals surface area (Å²) in [5.74, 6) is 0.487. The number of hydrogen-bond acceptors (Lipinski definition) is 5. The van der Waals surface area contributed by atoms with Gasteiger partial charge in [0.25, 0.3) is 5.91 Å². The van der Waals surface area contributed by atoms with Gasteiger partial charge >= 0.3 is 0 Å². The highest BCUT2D eigenvalue weighted by Gasteiger charge is 2.37. The van der Waals surface area contributed by atoms with Crippen molar-refractivity contribution in [2.24, 2.45) is 0 Å². The molecule has 150 valence electrons. The van der Waals surface area contributed by atoms with E-state index in [0.717, 1.165) is 22.4 Å². The van der Waals surface area contributed by atoms with E-state index in [-0.39, 0.29) is 5.91 Å². The van der Waals surface area contributed by atoms with Gasteiger partial charge in [0, 0.05) is 30.2 Å². The number of benzene rings is 1. The first kappa shape index (κ1) is 17.5. The first-order valence-corrected chi connectivity index (χ1v) is 9.92. The summed E-state index contributed by atoms with van der Waals surface area (Å²) in [5, 5.41) is 14.5. The number of pyridine rings is 1. The average Bonchev–Trinajstić information content (AvgIpc) is 3.54. The third-order valence-electron chi connectivity index (χ3n) is 5.78. The Hall–Kier alpha value is -4.38. The molecule has 0 bridgehead atoms. The quantitative estimate of drug-likeness (QED) is 0.482. The van der Waals surface area contributed by atoms with E-state index in [0.29, 0.717) is 35.4 Å². The van der Waals surface area contributed by atoms with Gasteiger partial charge in [0.05, 0.1) is 40.9 Å². The van der Waals surface area contributed by atoms with Crippen LogP contribution < -0.4 is 0 Å². The Balaban J connectivity index is 1.49. The molecule has 4 aromatic heterocycles. The molecule has 1 N–H and O–H groups in total. The van der Waals surface area contributed by atoms with Crippen molar-refractivity contribution in [1.82, 2.24) is 24.5 Å². The molecule has 8 nitrogen and oxygen atoms in total. The van der Waals surface area contributed by atoms with E-state index in [1.54, 1.807) is 40.3 Å². The van der Waals surface area contributed by atoms with Crippen molar-refractivity contribution in [1.29, 1.82) is 5.26 Å². The minimum atomic E-state index is -0.455. The van der Waals surface area contributed by atoms with Gasteiger partial charge in [-0.05, 0) is 24.3 Å². The Bertz CT molecular complexity index is 1470. The van der Waals surface area contributed by atoms with E-state index >= 15 is 0 Å². The number of para-hydroxylation sites is 1. The van der Waals surface area contributed by atoms with E-state index in [1.807, 2.05) is 30.3 Å². The maximum atomic E-state index is 13.7. The predicted octanol–water partition coefficient (Wildman–Crippen LogP) is 3.46. The zero-order valence-electron chi connectivity index (χ0n) is 16.3. The molecule has 8 heteroatoms. The summed E-state index contributed by atoms with van der Waals surface area (Å²) < 4.78 is 7.75. The first-order valence-electron chi connectivity index (χ1n) is 9.92. The second kappa shape index (κ2) is 6.57. The topological polar surface area (TPSA) is 103 Å². The van der Waals surface area contributed by atoms with E-state index in [9.17, 15) is 10.1 Å². The fourth-order valence-electron chi connectivity index (χ4n) is 4.29. The molecule has 31 heavy (non-hydrogen) atoms. The maximum Gasteiger partial charge on any atom is 0.258 e. The largest absolute Gasteiger partial charge is 0.458 e. The number of aromatic nitrogens is 4. The van der Waals surface area contributed by atoms with Crippen molar-refractivity contribution in [3.63, 3.8) is 0 Å². The lowest BCUT2D eigenvalue weighted by atomic mass is 9.99. The Labute approximate surface area is 176 Å². The second-order valence-electron chi connectivity index (χ2n) is 7.52. The highest BCUT2D eigenvalue weighted by molar-refractivity contribution is 6.01. The highest BCUT2D eigenvalue weighted by Crippen LogP contribution is 2.37. The number of furan rings is 1. The van der Waals surface area contributed by atoms with Crippen LogP contribution in [-0.4, -0.2) is 36.9 Å². The minimum Gasteiger partial charge on any atom is -0.458 e. The van der Waals surface area contributed by atoms with Crippen molar-refractivity contribution < 1.29 is 9.21 Å². The molecule has 5 heterocycles. The van der Waals surface area contributed by atoms with Crippen molar-refractivity contribution in [3.05, 3.63) is 89.5 Å². The predicted molar refractivity (Wildman–Crippen MR) is 111 cm³/mol. The Morgan fingerprint density at radius 3 is 3.03 bits per heavy atom. The van der Waals surface area contributed by atoms with Gasteiger partial charge in [0.15, 0.2) is 0 Å². The highest BCUT2D eigenvalue weighted by atomic mass is 16.3. The molecular formula is C23H16N6O2. The van der Waals surface area contributed by atoms with Gasteiger partial charge in [-0.2, -0.15) is 10.4 Å². The van der Waals surface area contributed by atoms with Crippen LogP contribution in [0.1, 0.15) is 39.1 Å². The molecule has 0 fully saturated rings. The number of imidazole rings is 1. The number of amides is 1. The molecule has 0 saturated heterocycles. The summed E-state index contributed by atoms with van der Waals surface area (Å²) in [6.07, 6.45) is 5.56. The third kappa shape index (κ3) is 2.64. The lowest BCUT2D eigenvalue weighted by molar-refractivity contribution is 0.0675. The van der Waals surface area contributed by atoms with Crippen molar-refractivity contribution in [2.45, 2.75) is 12.5 Å². The van der Waals surface area contributed by atoms with Crippen LogP contribution in [0.5, 0.6) is 0 Å². The lowest BCUT2D eigenvalue weighted by Gasteiger charge is -2.33. The number of rotatable bonds is 2.